The Morgan fingerprint density at radius 1 is 1.53 bits per heavy atom. The van der Waals surface area contributed by atoms with Crippen LogP contribution in [-0.2, 0) is 4.79 Å². The summed E-state index contributed by atoms with van der Waals surface area (Å²) in [5, 5.41) is 9.32. The lowest BCUT2D eigenvalue weighted by atomic mass is 10.1. The summed E-state index contributed by atoms with van der Waals surface area (Å²) in [5.74, 6) is -0.0308. The maximum atomic E-state index is 11.6. The summed E-state index contributed by atoms with van der Waals surface area (Å²) in [4.78, 5) is 17.4. The van der Waals surface area contributed by atoms with Gasteiger partial charge in [0.05, 0.1) is 24.4 Å². The second-order valence-electron chi connectivity index (χ2n) is 3.53. The molecule has 0 bridgehead atoms. The van der Waals surface area contributed by atoms with Gasteiger partial charge in [-0.15, -0.1) is 0 Å². The number of anilines is 1. The molecule has 1 atom stereocenters. The van der Waals surface area contributed by atoms with E-state index in [4.69, 9.17) is 0 Å². The first kappa shape index (κ1) is 10.8. The zero-order valence-corrected chi connectivity index (χ0v) is 10.2. The van der Waals surface area contributed by atoms with E-state index in [0.29, 0.717) is 13.0 Å². The molecule has 0 radical (unpaired) electrons. The summed E-state index contributed by atoms with van der Waals surface area (Å²) < 4.78 is 0.904. The van der Waals surface area contributed by atoms with Gasteiger partial charge in [0, 0.05) is 6.54 Å². The van der Waals surface area contributed by atoms with Gasteiger partial charge in [-0.1, -0.05) is 0 Å². The second kappa shape index (κ2) is 4.44. The average Bonchev–Trinajstić information content (AvgIpc) is 2.20. The topological polar surface area (TPSA) is 53.4 Å². The number of rotatable bonds is 1. The van der Waals surface area contributed by atoms with Crippen molar-refractivity contribution in [3.8, 4) is 0 Å². The van der Waals surface area contributed by atoms with Gasteiger partial charge >= 0.3 is 0 Å². The number of aliphatic hydroxyl groups is 1. The Hall–Kier alpha value is -0.690. The van der Waals surface area contributed by atoms with Crippen LogP contribution in [0.3, 0.4) is 0 Å². The molecule has 4 nitrogen and oxygen atoms in total. The first-order valence-electron chi connectivity index (χ1n) is 4.77. The predicted molar refractivity (Wildman–Crippen MR) is 64.5 cm³/mol. The van der Waals surface area contributed by atoms with Gasteiger partial charge in [-0.05, 0) is 41.1 Å². The van der Waals surface area contributed by atoms with Gasteiger partial charge in [0.25, 0.3) is 0 Å². The van der Waals surface area contributed by atoms with Crippen molar-refractivity contribution in [3.63, 3.8) is 0 Å². The van der Waals surface area contributed by atoms with E-state index >= 15 is 0 Å². The third-order valence-electron chi connectivity index (χ3n) is 2.42. The molecule has 1 N–H and O–H groups in total. The van der Waals surface area contributed by atoms with Crippen LogP contribution < -0.4 is 4.90 Å². The molecular formula is C10H11IN2O2. The van der Waals surface area contributed by atoms with E-state index in [2.05, 4.69) is 27.6 Å². The van der Waals surface area contributed by atoms with E-state index in [1.807, 2.05) is 12.1 Å². The molecule has 15 heavy (non-hydrogen) atoms. The normalized spacial score (nSPS) is 21.9. The van der Waals surface area contributed by atoms with E-state index in [0.717, 1.165) is 9.39 Å². The number of pyridine rings is 1. The number of aromatic nitrogens is 1. The quantitative estimate of drug-likeness (QED) is 0.625. The summed E-state index contributed by atoms with van der Waals surface area (Å²) >= 11 is 2.12. The predicted octanol–water partition coefficient (Wildman–Crippen LogP) is 1.17. The number of carbonyl (C=O) groups excluding carboxylic acids is 1. The zero-order chi connectivity index (χ0) is 10.8. The molecule has 0 saturated carbocycles. The smallest absolute Gasteiger partial charge is 0.229 e. The summed E-state index contributed by atoms with van der Waals surface area (Å²) in [7, 11) is 0. The molecule has 1 fully saturated rings. The highest BCUT2D eigenvalue weighted by atomic mass is 127. The molecule has 0 spiro atoms. The van der Waals surface area contributed by atoms with Gasteiger partial charge in [0.1, 0.15) is 3.70 Å². The number of nitrogens with zero attached hydrogens (tertiary/aromatic N) is 2. The maximum absolute atomic E-state index is 11.6. The molecule has 1 aliphatic rings. The van der Waals surface area contributed by atoms with Crippen molar-refractivity contribution < 1.29 is 9.90 Å². The number of aliphatic hydroxyl groups excluding tert-OH is 1. The van der Waals surface area contributed by atoms with Gasteiger partial charge in [-0.25, -0.2) is 4.98 Å². The molecule has 5 heteroatoms. The monoisotopic (exact) mass is 318 g/mol. The minimum absolute atomic E-state index is 0.0308. The van der Waals surface area contributed by atoms with E-state index in [1.165, 1.54) is 0 Å². The molecule has 2 heterocycles. The Morgan fingerprint density at radius 2 is 2.33 bits per heavy atom. The SMILES string of the molecule is O=C1CC(O)CCN1c1ccc(I)nc1. The van der Waals surface area contributed by atoms with E-state index in [-0.39, 0.29) is 12.3 Å². The Bertz CT molecular complexity index is 366. The molecule has 1 saturated heterocycles. The number of hydrogen-bond donors (Lipinski definition) is 1. The lowest BCUT2D eigenvalue weighted by molar-refractivity contribution is -0.122. The number of amides is 1. The van der Waals surface area contributed by atoms with Crippen LogP contribution >= 0.6 is 22.6 Å². The second-order valence-corrected chi connectivity index (χ2v) is 4.64. The molecule has 0 aliphatic carbocycles. The first-order valence-corrected chi connectivity index (χ1v) is 5.84. The Morgan fingerprint density at radius 3 is 2.93 bits per heavy atom. The molecule has 1 aliphatic heterocycles. The molecule has 1 amide bonds. The molecule has 80 valence electrons. The fourth-order valence-corrected chi connectivity index (χ4v) is 1.94. The summed E-state index contributed by atoms with van der Waals surface area (Å²) in [5.41, 5.74) is 0.812. The number of piperidine rings is 1. The standard InChI is InChI=1S/C10H11IN2O2/c11-9-2-1-7(6-12-9)13-4-3-8(14)5-10(13)15/h1-2,6,8,14H,3-5H2. The Balaban J connectivity index is 2.17. The van der Waals surface area contributed by atoms with Gasteiger partial charge in [0.15, 0.2) is 0 Å². The highest BCUT2D eigenvalue weighted by Gasteiger charge is 2.25. The summed E-state index contributed by atoms with van der Waals surface area (Å²) in [6, 6.07) is 3.75. The molecule has 1 aromatic heterocycles. The van der Waals surface area contributed by atoms with Crippen molar-refractivity contribution in [2.75, 3.05) is 11.4 Å². The third kappa shape index (κ3) is 2.46. The zero-order valence-electron chi connectivity index (χ0n) is 8.06. The van der Waals surface area contributed by atoms with E-state index in [1.54, 1.807) is 11.1 Å². The van der Waals surface area contributed by atoms with Crippen LogP contribution in [0.4, 0.5) is 5.69 Å². The van der Waals surface area contributed by atoms with Crippen LogP contribution in [0.25, 0.3) is 0 Å². The van der Waals surface area contributed by atoms with Crippen LogP contribution in [0.1, 0.15) is 12.8 Å². The molecule has 1 unspecified atom stereocenters. The fraction of sp³-hybridized carbons (Fsp3) is 0.400. The minimum Gasteiger partial charge on any atom is -0.393 e. The number of carbonyl (C=O) groups is 1. The van der Waals surface area contributed by atoms with Crippen molar-refractivity contribution in [2.24, 2.45) is 0 Å². The maximum Gasteiger partial charge on any atom is 0.229 e. The average molecular weight is 318 g/mol. The van der Waals surface area contributed by atoms with Crippen LogP contribution in [0.5, 0.6) is 0 Å². The molecule has 1 aromatic rings. The molecule has 0 aromatic carbocycles. The lowest BCUT2D eigenvalue weighted by Crippen LogP contribution is -2.40. The lowest BCUT2D eigenvalue weighted by Gasteiger charge is -2.29. The number of halogens is 1. The van der Waals surface area contributed by atoms with Gasteiger partial charge in [-0.3, -0.25) is 4.79 Å². The van der Waals surface area contributed by atoms with Crippen LogP contribution in [0.2, 0.25) is 0 Å². The van der Waals surface area contributed by atoms with Crippen molar-refractivity contribution >= 4 is 34.2 Å². The van der Waals surface area contributed by atoms with Gasteiger partial charge in [0.2, 0.25) is 5.91 Å². The Labute approximate surface area is 101 Å². The summed E-state index contributed by atoms with van der Waals surface area (Å²) in [6.45, 7) is 0.572. The fourth-order valence-electron chi connectivity index (χ4n) is 1.62. The summed E-state index contributed by atoms with van der Waals surface area (Å²) in [6.07, 6.45) is 2.06. The minimum atomic E-state index is -0.481. The van der Waals surface area contributed by atoms with Crippen LogP contribution in [0, 0.1) is 3.70 Å². The first-order chi connectivity index (χ1) is 7.16. The van der Waals surface area contributed by atoms with E-state index < -0.39 is 6.10 Å². The van der Waals surface area contributed by atoms with Crippen LogP contribution in [-0.4, -0.2) is 28.6 Å². The van der Waals surface area contributed by atoms with Crippen LogP contribution in [0.15, 0.2) is 18.3 Å². The Kier molecular flexibility index (Phi) is 3.20. The third-order valence-corrected chi connectivity index (χ3v) is 3.06. The molecule has 2 rings (SSSR count). The highest BCUT2D eigenvalue weighted by Crippen LogP contribution is 2.20. The molecular weight excluding hydrogens is 307 g/mol. The van der Waals surface area contributed by atoms with Gasteiger partial charge < -0.3 is 10.0 Å². The van der Waals surface area contributed by atoms with E-state index in [9.17, 15) is 9.90 Å². The van der Waals surface area contributed by atoms with Crippen molar-refractivity contribution in [1.29, 1.82) is 0 Å². The van der Waals surface area contributed by atoms with Crippen molar-refractivity contribution in [1.82, 2.24) is 4.98 Å². The number of hydrogen-bond acceptors (Lipinski definition) is 3. The van der Waals surface area contributed by atoms with Crippen molar-refractivity contribution in [3.05, 3.63) is 22.0 Å². The van der Waals surface area contributed by atoms with Crippen molar-refractivity contribution in [2.45, 2.75) is 18.9 Å². The highest BCUT2D eigenvalue weighted by molar-refractivity contribution is 14.1. The largest absolute Gasteiger partial charge is 0.393 e. The van der Waals surface area contributed by atoms with Gasteiger partial charge in [-0.2, -0.15) is 0 Å².